The van der Waals surface area contributed by atoms with Crippen LogP contribution in [-0.4, -0.2) is 19.3 Å². The number of hydrogen-bond acceptors (Lipinski definition) is 4. The van der Waals surface area contributed by atoms with Crippen molar-refractivity contribution in [2.75, 3.05) is 13.2 Å². The van der Waals surface area contributed by atoms with Gasteiger partial charge in [0.2, 0.25) is 0 Å². The van der Waals surface area contributed by atoms with Crippen LogP contribution in [0, 0.1) is 5.82 Å². The largest absolute Gasteiger partial charge is 0.464 e. The van der Waals surface area contributed by atoms with Crippen LogP contribution in [0.25, 0.3) is 11.0 Å². The Morgan fingerprint density at radius 1 is 1.04 bits per heavy atom. The van der Waals surface area contributed by atoms with E-state index in [4.69, 9.17) is 13.9 Å². The van der Waals surface area contributed by atoms with Crippen LogP contribution < -0.4 is 5.32 Å². The Bertz CT molecular complexity index is 886. The standard InChI is InChI=1S/C22H24FNO3/c23-20-11-18-4-9-26-22(18)19(12-20)14-24-13-16-2-1-3-17(10-16)15-27-21-5-7-25-8-6-21/h1-4,9-12,21,24H,5-8,13-15H2. The minimum Gasteiger partial charge on any atom is -0.464 e. The van der Waals surface area contributed by atoms with Gasteiger partial charge < -0.3 is 19.2 Å². The SMILES string of the molecule is Fc1cc(CNCc2cccc(COC3CCOCC3)c2)c2occc2c1. The van der Waals surface area contributed by atoms with Crippen molar-refractivity contribution < 1.29 is 18.3 Å². The van der Waals surface area contributed by atoms with Crippen molar-refractivity contribution in [3.63, 3.8) is 0 Å². The van der Waals surface area contributed by atoms with Crippen LogP contribution >= 0.6 is 0 Å². The third-order valence-corrected chi connectivity index (χ3v) is 4.88. The molecule has 0 unspecified atom stereocenters. The average Bonchev–Trinajstić information content (AvgIpc) is 3.16. The Hall–Kier alpha value is -2.21. The molecule has 4 nitrogen and oxygen atoms in total. The number of ether oxygens (including phenoxy) is 2. The summed E-state index contributed by atoms with van der Waals surface area (Å²) in [5.74, 6) is -0.243. The van der Waals surface area contributed by atoms with Gasteiger partial charge in [-0.05, 0) is 42.2 Å². The van der Waals surface area contributed by atoms with Crippen LogP contribution in [0.4, 0.5) is 4.39 Å². The molecule has 3 aromatic rings. The number of hydrogen-bond donors (Lipinski definition) is 1. The van der Waals surface area contributed by atoms with Crippen LogP contribution in [-0.2, 0) is 29.2 Å². The Labute approximate surface area is 158 Å². The Balaban J connectivity index is 1.32. The molecule has 4 rings (SSSR count). The maximum atomic E-state index is 13.7. The van der Waals surface area contributed by atoms with Gasteiger partial charge in [-0.15, -0.1) is 0 Å². The summed E-state index contributed by atoms with van der Waals surface area (Å²) < 4.78 is 30.6. The molecule has 1 N–H and O–H groups in total. The molecule has 2 heterocycles. The van der Waals surface area contributed by atoms with Gasteiger partial charge in [0.1, 0.15) is 11.4 Å². The summed E-state index contributed by atoms with van der Waals surface area (Å²) in [7, 11) is 0. The van der Waals surface area contributed by atoms with Gasteiger partial charge in [-0.25, -0.2) is 4.39 Å². The number of benzene rings is 2. The molecule has 0 aliphatic carbocycles. The first-order chi connectivity index (χ1) is 13.3. The van der Waals surface area contributed by atoms with Gasteiger partial charge in [0.15, 0.2) is 0 Å². The lowest BCUT2D eigenvalue weighted by Gasteiger charge is -2.22. The molecule has 142 valence electrons. The van der Waals surface area contributed by atoms with E-state index in [2.05, 4.69) is 23.5 Å². The highest BCUT2D eigenvalue weighted by molar-refractivity contribution is 5.80. The normalized spacial score (nSPS) is 15.4. The second kappa shape index (κ2) is 8.65. The smallest absolute Gasteiger partial charge is 0.138 e. The van der Waals surface area contributed by atoms with Gasteiger partial charge in [-0.1, -0.05) is 24.3 Å². The predicted octanol–water partition coefficient (Wildman–Crippen LogP) is 4.56. The van der Waals surface area contributed by atoms with Crippen LogP contribution in [0.2, 0.25) is 0 Å². The minimum absolute atomic E-state index is 0.243. The lowest BCUT2D eigenvalue weighted by molar-refractivity contribution is -0.0390. The van der Waals surface area contributed by atoms with E-state index in [9.17, 15) is 4.39 Å². The lowest BCUT2D eigenvalue weighted by atomic mass is 10.1. The number of halogens is 1. The molecule has 1 aliphatic heterocycles. The zero-order valence-corrected chi connectivity index (χ0v) is 15.2. The van der Waals surface area contributed by atoms with Crippen molar-refractivity contribution in [3.05, 3.63) is 71.2 Å². The van der Waals surface area contributed by atoms with E-state index >= 15 is 0 Å². The van der Waals surface area contributed by atoms with E-state index in [1.165, 1.54) is 23.3 Å². The summed E-state index contributed by atoms with van der Waals surface area (Å²) in [5.41, 5.74) is 3.91. The minimum atomic E-state index is -0.243. The predicted molar refractivity (Wildman–Crippen MR) is 102 cm³/mol. The zero-order chi connectivity index (χ0) is 18.5. The molecular formula is C22H24FNO3. The lowest BCUT2D eigenvalue weighted by Crippen LogP contribution is -2.23. The van der Waals surface area contributed by atoms with Crippen molar-refractivity contribution >= 4 is 11.0 Å². The quantitative estimate of drug-likeness (QED) is 0.663. The third kappa shape index (κ3) is 4.75. The molecule has 0 saturated carbocycles. The molecule has 0 radical (unpaired) electrons. The molecular weight excluding hydrogens is 345 g/mol. The molecule has 0 atom stereocenters. The van der Waals surface area contributed by atoms with Gasteiger partial charge in [-0.3, -0.25) is 0 Å². The number of rotatable bonds is 7. The summed E-state index contributed by atoms with van der Waals surface area (Å²) in [5, 5.41) is 4.17. The first kappa shape index (κ1) is 18.2. The van der Waals surface area contributed by atoms with E-state index in [-0.39, 0.29) is 5.82 Å². The van der Waals surface area contributed by atoms with Gasteiger partial charge in [0.25, 0.3) is 0 Å². The van der Waals surface area contributed by atoms with Crippen molar-refractivity contribution in [1.29, 1.82) is 0 Å². The molecule has 1 saturated heterocycles. The molecule has 1 aliphatic rings. The van der Waals surface area contributed by atoms with Crippen molar-refractivity contribution in [1.82, 2.24) is 5.32 Å². The van der Waals surface area contributed by atoms with Crippen LogP contribution in [0.5, 0.6) is 0 Å². The van der Waals surface area contributed by atoms with Crippen LogP contribution in [0.1, 0.15) is 29.5 Å². The van der Waals surface area contributed by atoms with E-state index in [1.54, 1.807) is 12.3 Å². The highest BCUT2D eigenvalue weighted by atomic mass is 19.1. The fourth-order valence-corrected chi connectivity index (χ4v) is 3.47. The monoisotopic (exact) mass is 369 g/mol. The first-order valence-corrected chi connectivity index (χ1v) is 9.41. The molecule has 0 spiro atoms. The third-order valence-electron chi connectivity index (χ3n) is 4.88. The van der Waals surface area contributed by atoms with Gasteiger partial charge in [0.05, 0.1) is 19.0 Å². The summed E-state index contributed by atoms with van der Waals surface area (Å²) in [6, 6.07) is 13.2. The molecule has 1 aromatic heterocycles. The Morgan fingerprint density at radius 3 is 2.78 bits per heavy atom. The molecule has 2 aromatic carbocycles. The van der Waals surface area contributed by atoms with E-state index in [1.807, 2.05) is 6.07 Å². The highest BCUT2D eigenvalue weighted by Gasteiger charge is 2.14. The number of nitrogens with one attached hydrogen (secondary N) is 1. The molecule has 0 amide bonds. The Kier molecular flexibility index (Phi) is 5.82. The highest BCUT2D eigenvalue weighted by Crippen LogP contribution is 2.22. The second-order valence-corrected chi connectivity index (χ2v) is 6.95. The molecule has 5 heteroatoms. The second-order valence-electron chi connectivity index (χ2n) is 6.95. The molecule has 0 bridgehead atoms. The Morgan fingerprint density at radius 2 is 1.89 bits per heavy atom. The maximum absolute atomic E-state index is 13.7. The number of fused-ring (bicyclic) bond motifs is 1. The van der Waals surface area contributed by atoms with Gasteiger partial charge in [-0.2, -0.15) is 0 Å². The summed E-state index contributed by atoms with van der Waals surface area (Å²) in [6.07, 6.45) is 3.83. The summed E-state index contributed by atoms with van der Waals surface area (Å²) in [6.45, 7) is 3.44. The van der Waals surface area contributed by atoms with Gasteiger partial charge >= 0.3 is 0 Å². The number of furan rings is 1. The zero-order valence-electron chi connectivity index (χ0n) is 15.2. The maximum Gasteiger partial charge on any atom is 0.138 e. The summed E-state index contributed by atoms with van der Waals surface area (Å²) in [4.78, 5) is 0. The van der Waals surface area contributed by atoms with E-state index < -0.39 is 0 Å². The first-order valence-electron chi connectivity index (χ1n) is 9.41. The average molecular weight is 369 g/mol. The van der Waals surface area contributed by atoms with Crippen LogP contribution in [0.3, 0.4) is 0 Å². The van der Waals surface area contributed by atoms with Gasteiger partial charge in [0, 0.05) is 37.3 Å². The van der Waals surface area contributed by atoms with Crippen molar-refractivity contribution in [2.24, 2.45) is 0 Å². The molecule has 27 heavy (non-hydrogen) atoms. The van der Waals surface area contributed by atoms with E-state index in [0.29, 0.717) is 25.8 Å². The summed E-state index contributed by atoms with van der Waals surface area (Å²) >= 11 is 0. The van der Waals surface area contributed by atoms with Crippen molar-refractivity contribution in [3.8, 4) is 0 Å². The fourth-order valence-electron chi connectivity index (χ4n) is 3.47. The van der Waals surface area contributed by atoms with Crippen molar-refractivity contribution in [2.45, 2.75) is 38.6 Å². The topological polar surface area (TPSA) is 43.6 Å². The fraction of sp³-hybridized carbons (Fsp3) is 0.364. The molecule has 1 fully saturated rings. The van der Waals surface area contributed by atoms with Crippen LogP contribution in [0.15, 0.2) is 53.1 Å². The van der Waals surface area contributed by atoms with E-state index in [0.717, 1.165) is 42.6 Å².